The summed E-state index contributed by atoms with van der Waals surface area (Å²) in [6.07, 6.45) is 2.16. The van der Waals surface area contributed by atoms with Gasteiger partial charge in [-0.1, -0.05) is 0 Å². The van der Waals surface area contributed by atoms with E-state index in [0.717, 1.165) is 0 Å². The predicted octanol–water partition coefficient (Wildman–Crippen LogP) is 1.62. The molecule has 3 rings (SSSR count). The number of carbonyl (C=O) groups excluding carboxylic acids is 1. The van der Waals surface area contributed by atoms with Crippen molar-refractivity contribution in [2.75, 3.05) is 13.1 Å². The first-order valence-corrected chi connectivity index (χ1v) is 7.48. The van der Waals surface area contributed by atoms with Crippen LogP contribution in [0.5, 0.6) is 5.75 Å². The first-order valence-electron chi connectivity index (χ1n) is 7.48. The van der Waals surface area contributed by atoms with Gasteiger partial charge in [-0.3, -0.25) is 4.79 Å². The minimum absolute atomic E-state index is 0.0668. The van der Waals surface area contributed by atoms with Crippen molar-refractivity contribution in [3.8, 4) is 11.4 Å². The van der Waals surface area contributed by atoms with Gasteiger partial charge in [0.25, 0.3) is 5.91 Å². The fourth-order valence-corrected chi connectivity index (χ4v) is 2.81. The fraction of sp³-hybridized carbons (Fsp3) is 0.375. The average molecular weight is 319 g/mol. The summed E-state index contributed by atoms with van der Waals surface area (Å²) in [5, 5.41) is 23.9. The third-order valence-electron chi connectivity index (χ3n) is 3.99. The number of likely N-dealkylation sites (tertiary alicyclic amines) is 1. The van der Waals surface area contributed by atoms with Gasteiger partial charge in [-0.15, -0.1) is 0 Å². The van der Waals surface area contributed by atoms with Gasteiger partial charge >= 0.3 is 0 Å². The molecule has 1 aliphatic heterocycles. The molecule has 1 aliphatic rings. The third kappa shape index (κ3) is 3.05. The van der Waals surface area contributed by atoms with Gasteiger partial charge in [-0.25, -0.2) is 9.07 Å². The lowest BCUT2D eigenvalue weighted by Gasteiger charge is -2.29. The Kier molecular flexibility index (Phi) is 4.04. The van der Waals surface area contributed by atoms with Gasteiger partial charge in [0, 0.05) is 13.1 Å². The van der Waals surface area contributed by atoms with Crippen LogP contribution < -0.4 is 0 Å². The van der Waals surface area contributed by atoms with Gasteiger partial charge in [0.15, 0.2) is 11.4 Å². The first-order chi connectivity index (χ1) is 11.0. The molecule has 7 heteroatoms. The number of aliphatic hydroxyl groups is 1. The summed E-state index contributed by atoms with van der Waals surface area (Å²) in [6, 6.07) is 4.19. The molecule has 6 nitrogen and oxygen atoms in total. The second kappa shape index (κ2) is 6.00. The lowest BCUT2D eigenvalue weighted by atomic mass is 10.1. The molecule has 2 N–H and O–H groups in total. The Balaban J connectivity index is 1.90. The van der Waals surface area contributed by atoms with E-state index in [4.69, 9.17) is 0 Å². The number of aliphatic hydroxyl groups excluding tert-OH is 1. The predicted molar refractivity (Wildman–Crippen MR) is 81.1 cm³/mol. The molecule has 122 valence electrons. The summed E-state index contributed by atoms with van der Waals surface area (Å²) >= 11 is 0. The molecule has 1 fully saturated rings. The number of nitrogens with zero attached hydrogens (tertiary/aromatic N) is 3. The summed E-state index contributed by atoms with van der Waals surface area (Å²) in [5.74, 6) is -1.01. The van der Waals surface area contributed by atoms with E-state index < -0.39 is 12.0 Å². The smallest absolute Gasteiger partial charge is 0.278 e. The topological polar surface area (TPSA) is 78.6 Å². The summed E-state index contributed by atoms with van der Waals surface area (Å²) < 4.78 is 14.6. The zero-order valence-electron chi connectivity index (χ0n) is 12.7. The monoisotopic (exact) mass is 319 g/mol. The maximum Gasteiger partial charge on any atom is 0.278 e. The Morgan fingerprint density at radius 1 is 1.43 bits per heavy atom. The number of rotatable bonds is 2. The van der Waals surface area contributed by atoms with Gasteiger partial charge in [0.05, 0.1) is 18.0 Å². The van der Waals surface area contributed by atoms with Gasteiger partial charge in [-0.2, -0.15) is 5.10 Å². The lowest BCUT2D eigenvalue weighted by Crippen LogP contribution is -2.42. The molecule has 0 aliphatic carbocycles. The number of aryl methyl sites for hydroxylation is 1. The molecule has 1 aromatic heterocycles. The van der Waals surface area contributed by atoms with E-state index in [1.807, 2.05) is 0 Å². The van der Waals surface area contributed by atoms with Crippen LogP contribution in [0, 0.1) is 12.7 Å². The highest BCUT2D eigenvalue weighted by atomic mass is 19.1. The average Bonchev–Trinajstić information content (AvgIpc) is 2.88. The van der Waals surface area contributed by atoms with Crippen molar-refractivity contribution in [2.24, 2.45) is 0 Å². The number of benzene rings is 1. The van der Waals surface area contributed by atoms with Crippen LogP contribution in [0.1, 0.15) is 28.9 Å². The van der Waals surface area contributed by atoms with Crippen LogP contribution in [0.4, 0.5) is 4.39 Å². The van der Waals surface area contributed by atoms with E-state index in [9.17, 15) is 19.4 Å². The van der Waals surface area contributed by atoms with E-state index in [2.05, 4.69) is 5.10 Å². The van der Waals surface area contributed by atoms with E-state index in [1.165, 1.54) is 34.0 Å². The van der Waals surface area contributed by atoms with Crippen molar-refractivity contribution in [3.63, 3.8) is 0 Å². The third-order valence-corrected chi connectivity index (χ3v) is 3.99. The first kappa shape index (κ1) is 15.5. The largest absolute Gasteiger partial charge is 0.504 e. The molecule has 0 radical (unpaired) electrons. The molecule has 1 saturated heterocycles. The number of hydrogen-bond acceptors (Lipinski definition) is 4. The Bertz CT molecular complexity index is 744. The molecule has 2 heterocycles. The Morgan fingerprint density at radius 3 is 2.91 bits per heavy atom. The maximum absolute atomic E-state index is 13.2. The molecular weight excluding hydrogens is 301 g/mol. The van der Waals surface area contributed by atoms with Crippen LogP contribution in [-0.4, -0.2) is 50.0 Å². The minimum Gasteiger partial charge on any atom is -0.504 e. The quantitative estimate of drug-likeness (QED) is 0.882. The molecule has 0 spiro atoms. The van der Waals surface area contributed by atoms with Crippen LogP contribution in [-0.2, 0) is 0 Å². The molecule has 1 unspecified atom stereocenters. The van der Waals surface area contributed by atoms with Crippen LogP contribution in [0.15, 0.2) is 24.4 Å². The van der Waals surface area contributed by atoms with Crippen LogP contribution in [0.2, 0.25) is 0 Å². The van der Waals surface area contributed by atoms with Crippen LogP contribution in [0.3, 0.4) is 0 Å². The highest BCUT2D eigenvalue weighted by Gasteiger charge is 2.27. The fourth-order valence-electron chi connectivity index (χ4n) is 2.81. The molecular formula is C16H18FN3O3. The normalized spacial score (nSPS) is 18.2. The van der Waals surface area contributed by atoms with Crippen molar-refractivity contribution < 1.29 is 19.4 Å². The molecule has 0 saturated carbocycles. The number of halogens is 1. The van der Waals surface area contributed by atoms with Gasteiger partial charge in [0.2, 0.25) is 0 Å². The molecule has 2 aromatic rings. The van der Waals surface area contributed by atoms with Crippen molar-refractivity contribution in [3.05, 3.63) is 41.5 Å². The Hall–Kier alpha value is -2.41. The lowest BCUT2D eigenvalue weighted by molar-refractivity contribution is 0.0466. The van der Waals surface area contributed by atoms with Gasteiger partial charge in [-0.05, 0) is 43.5 Å². The number of hydrogen-bond donors (Lipinski definition) is 2. The zero-order chi connectivity index (χ0) is 16.6. The minimum atomic E-state index is -0.545. The van der Waals surface area contributed by atoms with Gasteiger partial charge in [0.1, 0.15) is 5.82 Å². The number of piperidine rings is 1. The molecule has 1 aromatic carbocycles. The highest BCUT2D eigenvalue weighted by molar-refractivity contribution is 5.95. The summed E-state index contributed by atoms with van der Waals surface area (Å²) in [4.78, 5) is 14.0. The molecule has 0 bridgehead atoms. The van der Waals surface area contributed by atoms with E-state index in [0.29, 0.717) is 30.6 Å². The van der Waals surface area contributed by atoms with Crippen molar-refractivity contribution >= 4 is 5.91 Å². The van der Waals surface area contributed by atoms with Crippen LogP contribution >= 0.6 is 0 Å². The number of β-amino-alcohol motifs (C(OH)–C–C–N with tert-alkyl or cyclic N) is 1. The van der Waals surface area contributed by atoms with E-state index in [-0.39, 0.29) is 23.8 Å². The number of aromatic hydroxyl groups is 1. The van der Waals surface area contributed by atoms with E-state index in [1.54, 1.807) is 6.92 Å². The SMILES string of the molecule is Cc1cc(F)ccc1-n1cc(O)c(C(=O)N2CCCC(O)C2)n1. The summed E-state index contributed by atoms with van der Waals surface area (Å²) in [7, 11) is 0. The second-order valence-electron chi connectivity index (χ2n) is 5.79. The standard InChI is InChI=1S/C16H18FN3O3/c1-10-7-11(17)4-5-13(10)20-9-14(22)15(18-20)16(23)19-6-2-3-12(21)8-19/h4-5,7,9,12,21-22H,2-3,6,8H2,1H3. The van der Waals surface area contributed by atoms with Crippen LogP contribution in [0.25, 0.3) is 5.69 Å². The molecule has 23 heavy (non-hydrogen) atoms. The van der Waals surface area contributed by atoms with Crippen molar-refractivity contribution in [1.29, 1.82) is 0 Å². The summed E-state index contributed by atoms with van der Waals surface area (Å²) in [5.41, 5.74) is 1.15. The number of carbonyl (C=O) groups is 1. The highest BCUT2D eigenvalue weighted by Crippen LogP contribution is 2.23. The zero-order valence-corrected chi connectivity index (χ0v) is 12.7. The molecule has 1 atom stereocenters. The van der Waals surface area contributed by atoms with E-state index >= 15 is 0 Å². The Morgan fingerprint density at radius 2 is 2.22 bits per heavy atom. The number of amides is 1. The Labute approximate surface area is 132 Å². The van der Waals surface area contributed by atoms with Gasteiger partial charge < -0.3 is 15.1 Å². The summed E-state index contributed by atoms with van der Waals surface area (Å²) in [6.45, 7) is 2.48. The van der Waals surface area contributed by atoms with Crippen molar-refractivity contribution in [2.45, 2.75) is 25.9 Å². The molecule has 1 amide bonds. The second-order valence-corrected chi connectivity index (χ2v) is 5.79. The van der Waals surface area contributed by atoms with Crippen molar-refractivity contribution in [1.82, 2.24) is 14.7 Å². The maximum atomic E-state index is 13.2. The number of aromatic nitrogens is 2.